The molecule has 4 aliphatic rings. The number of hydrogen-bond acceptors (Lipinski definition) is 21. The van der Waals surface area contributed by atoms with E-state index in [-0.39, 0.29) is 81.8 Å². The molecule has 8 amide bonds. The molecule has 0 bridgehead atoms. The Kier molecular flexibility index (Phi) is 22.0. The van der Waals surface area contributed by atoms with Gasteiger partial charge in [-0.3, -0.25) is 38.1 Å². The number of nitrogen functional groups attached to an aromatic ring is 3. The first kappa shape index (κ1) is 75.7. The van der Waals surface area contributed by atoms with Crippen LogP contribution in [0.4, 0.5) is 50.7 Å². The fourth-order valence-electron chi connectivity index (χ4n) is 10.3. The van der Waals surface area contributed by atoms with Crippen molar-refractivity contribution < 1.29 is 81.1 Å². The third-order valence-electron chi connectivity index (χ3n) is 14.5. The van der Waals surface area contributed by atoms with Crippen molar-refractivity contribution in [2.75, 3.05) is 17.2 Å². The van der Waals surface area contributed by atoms with Crippen LogP contribution < -0.4 is 22.7 Å². The maximum absolute atomic E-state index is 13.5. The summed E-state index contributed by atoms with van der Waals surface area (Å²) in [5.41, 5.74) is 20.0. The van der Waals surface area contributed by atoms with Crippen LogP contribution in [0.3, 0.4) is 0 Å². The second-order valence-corrected chi connectivity index (χ2v) is 28.5. The van der Waals surface area contributed by atoms with Crippen LogP contribution in [0.15, 0.2) is 97.6 Å². The molecule has 12 rings (SSSR count). The third-order valence-corrected chi connectivity index (χ3v) is 16.0. The summed E-state index contributed by atoms with van der Waals surface area (Å²) in [6.45, 7) is 20.4. The topological polar surface area (TPSA) is 383 Å². The molecule has 0 saturated carbocycles. The van der Waals surface area contributed by atoms with Crippen molar-refractivity contribution in [3.63, 3.8) is 0 Å². The largest absolute Gasteiger partial charge is 0.488 e. The molecule has 34 heteroatoms. The second-order valence-electron chi connectivity index (χ2n) is 26.6. The Labute approximate surface area is 594 Å². The van der Waals surface area contributed by atoms with Crippen molar-refractivity contribution in [2.24, 2.45) is 0 Å². The molecule has 0 saturated heterocycles. The summed E-state index contributed by atoms with van der Waals surface area (Å²) in [6.07, 6.45) is 3.48. The normalized spacial score (nSPS) is 13.8. The number of ether oxygens (including phenoxy) is 4. The molecule has 0 aliphatic carbocycles. The molecule has 0 unspecified atom stereocenters. The Hall–Kier alpha value is -10.0. The van der Waals surface area contributed by atoms with Gasteiger partial charge in [0.15, 0.2) is 0 Å². The van der Waals surface area contributed by atoms with Crippen molar-refractivity contribution in [1.82, 2.24) is 38.4 Å². The van der Waals surface area contributed by atoms with Crippen LogP contribution in [-0.2, 0) is 45.1 Å². The van der Waals surface area contributed by atoms with Crippen molar-refractivity contribution in [1.29, 1.82) is 0 Å². The number of halogens is 5. The average Bonchev–Trinajstić information content (AvgIpc) is 1.62. The Morgan fingerprint density at radius 1 is 0.530 bits per heavy atom. The predicted molar refractivity (Wildman–Crippen MR) is 372 cm³/mol. The quantitative estimate of drug-likeness (QED) is 0.0274. The first-order valence-electron chi connectivity index (χ1n) is 30.2. The van der Waals surface area contributed by atoms with Gasteiger partial charge in [0.05, 0.1) is 65.9 Å². The van der Waals surface area contributed by atoms with Gasteiger partial charge >= 0.3 is 31.5 Å². The third kappa shape index (κ3) is 17.0. The van der Waals surface area contributed by atoms with Gasteiger partial charge in [-0.15, -0.1) is 0 Å². The highest BCUT2D eigenvalue weighted by atomic mass is 127. The molecule has 4 aromatic heterocycles. The lowest BCUT2D eigenvalue weighted by Crippen LogP contribution is -2.37. The van der Waals surface area contributed by atoms with Gasteiger partial charge in [0.25, 0.3) is 29.3 Å². The number of amides is 8. The van der Waals surface area contributed by atoms with E-state index in [1.165, 1.54) is 42.5 Å². The summed E-state index contributed by atoms with van der Waals surface area (Å²) < 4.78 is 51.4. The number of pyridine rings is 2. The maximum Gasteiger partial charge on any atom is 0.488 e. The SMILES string of the molecule is CC(C)(C)OC(=O)N1Cc2c(-c3cnc4cc(F)ccn34)ccc(N)c2C1=O.CC(C)(C)OC(=O)N1Cc2c(B(O)O)ccc(N)c2C1=O.CC(C)(C)OC(=O)N1Cc2c(Cl)ccc(N)c2C1=O.CC(C)(C)OC(=O)N1Cc2c(Cl)ccc([N+](=O)[O-])c2C1=O.Fc1ccn2c(I)cnc2c1. The average molecular weight is 1530 g/mol. The first-order valence-corrected chi connectivity index (χ1v) is 32.0. The predicted octanol–water partition coefficient (Wildman–Crippen LogP) is 11.5. The molecule has 8 N–H and O–H groups in total. The van der Waals surface area contributed by atoms with Gasteiger partial charge in [0, 0.05) is 74.4 Å². The summed E-state index contributed by atoms with van der Waals surface area (Å²) in [4.78, 5) is 120. The van der Waals surface area contributed by atoms with Gasteiger partial charge < -0.3 is 46.2 Å². The summed E-state index contributed by atoms with van der Waals surface area (Å²) in [5.74, 6) is -2.97. The smallest absolute Gasteiger partial charge is 0.443 e. The number of nitro groups is 1. The molecular weight excluding hydrogens is 1460 g/mol. The lowest BCUT2D eigenvalue weighted by molar-refractivity contribution is -0.385. The van der Waals surface area contributed by atoms with E-state index in [4.69, 9.17) is 59.4 Å². The van der Waals surface area contributed by atoms with Gasteiger partial charge in [0.1, 0.15) is 54.6 Å². The Bertz CT molecular complexity index is 4680. The maximum atomic E-state index is 13.5. The van der Waals surface area contributed by atoms with Gasteiger partial charge in [-0.2, -0.15) is 0 Å². The fraction of sp³-hybridized carbons (Fsp3) is 0.303. The van der Waals surface area contributed by atoms with Crippen LogP contribution in [0.1, 0.15) is 147 Å². The molecule has 8 aromatic rings. The van der Waals surface area contributed by atoms with Crippen LogP contribution in [0.25, 0.3) is 22.6 Å². The second kappa shape index (κ2) is 29.0. The molecule has 0 radical (unpaired) electrons. The molecule has 0 atom stereocenters. The van der Waals surface area contributed by atoms with Gasteiger partial charge in [-0.05, 0) is 165 Å². The van der Waals surface area contributed by atoms with Crippen LogP contribution in [0, 0.1) is 25.4 Å². The van der Waals surface area contributed by atoms with E-state index in [1.54, 1.807) is 137 Å². The fourth-order valence-corrected chi connectivity index (χ4v) is 11.3. The van der Waals surface area contributed by atoms with E-state index in [0.29, 0.717) is 55.5 Å². The highest BCUT2D eigenvalue weighted by Gasteiger charge is 2.44. The Morgan fingerprint density at radius 3 is 1.31 bits per heavy atom. The summed E-state index contributed by atoms with van der Waals surface area (Å²) in [7, 11) is -1.74. The molecular formula is C66H68BCl2F2IN12O16. The zero-order valence-corrected chi connectivity index (χ0v) is 59.6. The van der Waals surface area contributed by atoms with E-state index < -0.39 is 88.3 Å². The van der Waals surface area contributed by atoms with E-state index in [2.05, 4.69) is 32.6 Å². The highest BCUT2D eigenvalue weighted by molar-refractivity contribution is 14.1. The minimum Gasteiger partial charge on any atom is -0.443 e. The van der Waals surface area contributed by atoms with Gasteiger partial charge in [0.2, 0.25) is 0 Å². The molecule has 0 fully saturated rings. The molecule has 100 heavy (non-hydrogen) atoms. The number of nitrogens with two attached hydrogens (primary N) is 3. The van der Waals surface area contributed by atoms with Crippen molar-refractivity contribution in [2.45, 2.75) is 132 Å². The number of aromatic nitrogens is 4. The molecule has 0 spiro atoms. The van der Waals surface area contributed by atoms with E-state index in [9.17, 15) is 67.3 Å². The number of benzene rings is 4. The van der Waals surface area contributed by atoms with Gasteiger partial charge in [-0.25, -0.2) is 57.5 Å². The zero-order chi connectivity index (χ0) is 74.3. The van der Waals surface area contributed by atoms with Crippen molar-refractivity contribution >= 4 is 140 Å². The number of anilines is 3. The molecule has 4 aromatic carbocycles. The molecule has 4 aliphatic heterocycles. The number of hydrogen-bond donors (Lipinski definition) is 5. The van der Waals surface area contributed by atoms with Crippen molar-refractivity contribution in [3.05, 3.63) is 178 Å². The highest BCUT2D eigenvalue weighted by Crippen LogP contribution is 2.40. The van der Waals surface area contributed by atoms with Crippen LogP contribution >= 0.6 is 45.8 Å². The summed E-state index contributed by atoms with van der Waals surface area (Å²) >= 11 is 14.1. The number of rotatable bonds is 3. The Morgan fingerprint density at radius 2 is 0.880 bits per heavy atom. The van der Waals surface area contributed by atoms with Crippen LogP contribution in [0.5, 0.6) is 0 Å². The standard InChI is InChI=1S/C20H19FN4O3.C13H17BN2O5.C13H13ClN2O5.C13H15ClN2O3.C7H4FIN2/c1-20(2,3)28-19(27)25-10-13-12(4-5-14(22)17(13)18(25)26)15-9-23-16-8-11(21)6-7-24(15)16;1-13(2,3)21-12(18)16-6-7-8(14(19)20)4-5-9(15)10(7)11(16)17;1-13(2,3)21-12(18)15-6-7-8(14)4-5-9(16(19)20)10(7)11(15)17;1-13(2,3)19-12(18)16-6-7-8(14)4-5-9(15)10(7)11(16)17;8-5-1-2-11-6(9)4-10-7(11)3-5/h4-9H,10,22H2,1-3H3;4-5,19-20H,6,15H2,1-3H3;4-5H,6H2,1-3H3;4-5H,6,15H2,1-3H3;1-4H. The van der Waals surface area contributed by atoms with Crippen LogP contribution in [0.2, 0.25) is 10.0 Å². The van der Waals surface area contributed by atoms with E-state index >= 15 is 0 Å². The zero-order valence-electron chi connectivity index (χ0n) is 55.9. The number of carbonyl (C=O) groups is 8. The number of fused-ring (bicyclic) bond motifs is 6. The minimum absolute atomic E-state index is 0.0396. The first-order chi connectivity index (χ1) is 46.4. The lowest BCUT2D eigenvalue weighted by atomic mass is 9.76. The summed E-state index contributed by atoms with van der Waals surface area (Å²) in [5, 5.41) is 30.3. The number of imidazole rings is 2. The number of imide groups is 4. The lowest BCUT2D eigenvalue weighted by Gasteiger charge is -2.23. The monoisotopic (exact) mass is 1530 g/mol. The summed E-state index contributed by atoms with van der Waals surface area (Å²) in [6, 6.07) is 17.3. The van der Waals surface area contributed by atoms with Crippen LogP contribution in [-0.4, -0.2) is 131 Å². The van der Waals surface area contributed by atoms with E-state index in [0.717, 1.165) is 29.4 Å². The minimum atomic E-state index is -1.74. The number of carbonyl (C=O) groups excluding carboxylic acids is 8. The number of nitro benzene ring substituents is 1. The van der Waals surface area contributed by atoms with Crippen molar-refractivity contribution in [3.8, 4) is 11.3 Å². The van der Waals surface area contributed by atoms with E-state index in [1.807, 2.05) is 4.40 Å². The van der Waals surface area contributed by atoms with Gasteiger partial charge in [-0.1, -0.05) is 35.3 Å². The molecule has 28 nitrogen and oxygen atoms in total. The molecule has 8 heterocycles. The molecule has 526 valence electrons. The Balaban J connectivity index is 0.000000163. The number of nitrogens with zero attached hydrogens (tertiary/aromatic N) is 9.